The van der Waals surface area contributed by atoms with Gasteiger partial charge in [0.2, 0.25) is 5.91 Å². The molecule has 0 aliphatic carbocycles. The molecule has 4 rings (SSSR count). The number of carbonyl (C=O) groups is 3. The molecule has 3 aromatic rings. The summed E-state index contributed by atoms with van der Waals surface area (Å²) >= 11 is 12.0. The lowest BCUT2D eigenvalue weighted by molar-refractivity contribution is -0.133. The van der Waals surface area contributed by atoms with E-state index in [1.807, 2.05) is 0 Å². The van der Waals surface area contributed by atoms with Crippen LogP contribution in [-0.4, -0.2) is 39.1 Å². The minimum absolute atomic E-state index is 0.234. The maximum atomic E-state index is 13.3. The van der Waals surface area contributed by atoms with Crippen LogP contribution in [0.15, 0.2) is 48.5 Å². The lowest BCUT2D eigenvalue weighted by Gasteiger charge is -2.22. The quantitative estimate of drug-likeness (QED) is 0.528. The Morgan fingerprint density at radius 3 is 2.48 bits per heavy atom. The number of hydrogen-bond acceptors (Lipinski definition) is 4. The highest BCUT2D eigenvalue weighted by Crippen LogP contribution is 2.33. The monoisotopic (exact) mass is 489 g/mol. The maximum Gasteiger partial charge on any atom is 0.325 e. The van der Waals surface area contributed by atoms with Crippen LogP contribution < -0.4 is 10.6 Å². The molecule has 1 aliphatic heterocycles. The summed E-state index contributed by atoms with van der Waals surface area (Å²) in [5.41, 5.74) is 0.167. The van der Waals surface area contributed by atoms with E-state index in [1.54, 1.807) is 19.1 Å². The first kappa shape index (κ1) is 22.8. The zero-order chi connectivity index (χ0) is 23.9. The molecular formula is C22H18Cl2FN5O3. The van der Waals surface area contributed by atoms with E-state index < -0.39 is 35.7 Å². The number of urea groups is 1. The third kappa shape index (κ3) is 4.29. The molecule has 1 saturated heterocycles. The predicted octanol–water partition coefficient (Wildman–Crippen LogP) is 4.03. The van der Waals surface area contributed by atoms with Gasteiger partial charge in [-0.1, -0.05) is 29.3 Å². The molecule has 0 bridgehead atoms. The van der Waals surface area contributed by atoms with Crippen molar-refractivity contribution in [3.63, 3.8) is 0 Å². The summed E-state index contributed by atoms with van der Waals surface area (Å²) in [5, 5.41) is 10.1. The topological polar surface area (TPSA) is 96.3 Å². The van der Waals surface area contributed by atoms with Gasteiger partial charge < -0.3 is 10.6 Å². The van der Waals surface area contributed by atoms with Crippen LogP contribution in [0.25, 0.3) is 5.69 Å². The molecule has 0 saturated carbocycles. The standard InChI is InChI=1S/C22H18Cl2FN5O3/c1-12-9-18(30(28-12)15-6-4-14(25)5-7-15)26-19(31)11-29-20(32)22(2,27-21(29)33)13-3-8-16(23)17(24)10-13/h3-10H,11H2,1-2H3,(H,26,31)(H,27,33). The molecule has 170 valence electrons. The zero-order valence-electron chi connectivity index (χ0n) is 17.5. The molecule has 2 N–H and O–H groups in total. The number of amides is 4. The molecule has 4 amide bonds. The third-order valence-electron chi connectivity index (χ3n) is 5.24. The van der Waals surface area contributed by atoms with Crippen molar-refractivity contribution in [2.45, 2.75) is 19.4 Å². The van der Waals surface area contributed by atoms with E-state index in [0.29, 0.717) is 27.8 Å². The fourth-order valence-corrected chi connectivity index (χ4v) is 3.84. The van der Waals surface area contributed by atoms with Gasteiger partial charge in [-0.05, 0) is 55.8 Å². The number of anilines is 1. The second-order valence-corrected chi connectivity index (χ2v) is 8.50. The maximum absolute atomic E-state index is 13.3. The van der Waals surface area contributed by atoms with Gasteiger partial charge in [0.25, 0.3) is 5.91 Å². The largest absolute Gasteiger partial charge is 0.325 e. The van der Waals surface area contributed by atoms with Crippen LogP contribution >= 0.6 is 23.2 Å². The molecule has 33 heavy (non-hydrogen) atoms. The first-order chi connectivity index (χ1) is 15.6. The smallest absolute Gasteiger partial charge is 0.319 e. The minimum atomic E-state index is -1.40. The summed E-state index contributed by atoms with van der Waals surface area (Å²) in [5.74, 6) is -1.32. The van der Waals surface area contributed by atoms with E-state index >= 15 is 0 Å². The molecule has 8 nitrogen and oxygen atoms in total. The second kappa shape index (κ2) is 8.49. The number of nitrogens with zero attached hydrogens (tertiary/aromatic N) is 3. The van der Waals surface area contributed by atoms with Gasteiger partial charge in [-0.25, -0.2) is 13.9 Å². The number of rotatable bonds is 5. The first-order valence-corrected chi connectivity index (χ1v) is 10.6. The molecular weight excluding hydrogens is 472 g/mol. The fourth-order valence-electron chi connectivity index (χ4n) is 3.54. The van der Waals surface area contributed by atoms with Gasteiger partial charge in [0.15, 0.2) is 0 Å². The number of nitrogens with one attached hydrogen (secondary N) is 2. The molecule has 1 aromatic heterocycles. The van der Waals surface area contributed by atoms with E-state index in [1.165, 1.54) is 48.0 Å². The third-order valence-corrected chi connectivity index (χ3v) is 5.98. The molecule has 0 radical (unpaired) electrons. The van der Waals surface area contributed by atoms with Crippen LogP contribution in [0.4, 0.5) is 15.0 Å². The van der Waals surface area contributed by atoms with Gasteiger partial charge >= 0.3 is 6.03 Å². The van der Waals surface area contributed by atoms with Crippen molar-refractivity contribution < 1.29 is 18.8 Å². The van der Waals surface area contributed by atoms with Crippen LogP contribution in [0.5, 0.6) is 0 Å². The van der Waals surface area contributed by atoms with Gasteiger partial charge in [0, 0.05) is 6.07 Å². The van der Waals surface area contributed by atoms with Gasteiger partial charge in [-0.15, -0.1) is 0 Å². The molecule has 11 heteroatoms. The van der Waals surface area contributed by atoms with Crippen LogP contribution in [0, 0.1) is 12.7 Å². The highest BCUT2D eigenvalue weighted by atomic mass is 35.5. The normalized spacial score (nSPS) is 17.9. The Kier molecular flexibility index (Phi) is 5.85. The molecule has 0 spiro atoms. The molecule has 2 aromatic carbocycles. The van der Waals surface area contributed by atoms with Crippen molar-refractivity contribution in [3.05, 3.63) is 75.7 Å². The van der Waals surface area contributed by atoms with Crippen LogP contribution in [0.1, 0.15) is 18.2 Å². The Morgan fingerprint density at radius 1 is 1.12 bits per heavy atom. The number of benzene rings is 2. The lowest BCUT2D eigenvalue weighted by atomic mass is 9.92. The number of halogens is 3. The Bertz CT molecular complexity index is 1280. The number of carbonyl (C=O) groups excluding carboxylic acids is 3. The van der Waals surface area contributed by atoms with Crippen LogP contribution in [-0.2, 0) is 15.1 Å². The van der Waals surface area contributed by atoms with E-state index in [4.69, 9.17) is 23.2 Å². The van der Waals surface area contributed by atoms with Crippen molar-refractivity contribution in [2.24, 2.45) is 0 Å². The Morgan fingerprint density at radius 2 is 1.82 bits per heavy atom. The van der Waals surface area contributed by atoms with Gasteiger partial charge in [-0.2, -0.15) is 5.10 Å². The summed E-state index contributed by atoms with van der Waals surface area (Å²) in [7, 11) is 0. The van der Waals surface area contributed by atoms with E-state index in [2.05, 4.69) is 15.7 Å². The summed E-state index contributed by atoms with van der Waals surface area (Å²) in [4.78, 5) is 39.2. The first-order valence-electron chi connectivity index (χ1n) is 9.80. The Hall–Kier alpha value is -3.43. The van der Waals surface area contributed by atoms with Gasteiger partial charge in [0.1, 0.15) is 23.7 Å². The van der Waals surface area contributed by atoms with Crippen LogP contribution in [0.3, 0.4) is 0 Å². The number of imide groups is 1. The molecule has 1 atom stereocenters. The predicted molar refractivity (Wildman–Crippen MR) is 121 cm³/mol. The number of hydrogen-bond donors (Lipinski definition) is 2. The summed E-state index contributed by atoms with van der Waals surface area (Å²) < 4.78 is 14.7. The van der Waals surface area contributed by atoms with Crippen LogP contribution in [0.2, 0.25) is 10.0 Å². The molecule has 2 heterocycles. The van der Waals surface area contributed by atoms with Crippen molar-refractivity contribution in [2.75, 3.05) is 11.9 Å². The van der Waals surface area contributed by atoms with E-state index in [9.17, 15) is 18.8 Å². The molecule has 1 fully saturated rings. The summed E-state index contributed by atoms with van der Waals surface area (Å²) in [6, 6.07) is 11.1. The Labute approximate surface area is 198 Å². The minimum Gasteiger partial charge on any atom is -0.319 e. The molecule has 1 unspecified atom stereocenters. The van der Waals surface area contributed by atoms with E-state index in [-0.39, 0.29) is 5.02 Å². The highest BCUT2D eigenvalue weighted by molar-refractivity contribution is 6.42. The van der Waals surface area contributed by atoms with Crippen molar-refractivity contribution in [1.29, 1.82) is 0 Å². The van der Waals surface area contributed by atoms with Crippen molar-refractivity contribution in [3.8, 4) is 5.69 Å². The number of aromatic nitrogens is 2. The average Bonchev–Trinajstić information content (AvgIpc) is 3.22. The van der Waals surface area contributed by atoms with Gasteiger partial charge in [0.05, 0.1) is 21.4 Å². The van der Waals surface area contributed by atoms with Gasteiger partial charge in [-0.3, -0.25) is 14.5 Å². The Balaban J connectivity index is 1.53. The average molecular weight is 490 g/mol. The van der Waals surface area contributed by atoms with Crippen molar-refractivity contribution >= 4 is 46.9 Å². The fraction of sp³-hybridized carbons (Fsp3) is 0.182. The zero-order valence-corrected chi connectivity index (χ0v) is 19.0. The summed E-state index contributed by atoms with van der Waals surface area (Å²) in [6.45, 7) is 2.74. The summed E-state index contributed by atoms with van der Waals surface area (Å²) in [6.07, 6.45) is 0. The second-order valence-electron chi connectivity index (χ2n) is 7.68. The SMILES string of the molecule is Cc1cc(NC(=O)CN2C(=O)NC(C)(c3ccc(Cl)c(Cl)c3)C2=O)n(-c2ccc(F)cc2)n1. The lowest BCUT2D eigenvalue weighted by Crippen LogP contribution is -2.42. The molecule has 1 aliphatic rings. The number of aryl methyl sites for hydroxylation is 1. The highest BCUT2D eigenvalue weighted by Gasteiger charge is 2.49. The van der Waals surface area contributed by atoms with E-state index in [0.717, 1.165) is 4.90 Å². The van der Waals surface area contributed by atoms with Crippen molar-refractivity contribution in [1.82, 2.24) is 20.0 Å².